The summed E-state index contributed by atoms with van der Waals surface area (Å²) in [6, 6.07) is 7.49. The lowest BCUT2D eigenvalue weighted by atomic mass is 10.1. The predicted octanol–water partition coefficient (Wildman–Crippen LogP) is 3.07. The Morgan fingerprint density at radius 3 is 2.88 bits per heavy atom. The summed E-state index contributed by atoms with van der Waals surface area (Å²) >= 11 is 0. The molecular formula is C17H14F2N4O2. The summed E-state index contributed by atoms with van der Waals surface area (Å²) in [6.07, 6.45) is -0.818. The van der Waals surface area contributed by atoms with Gasteiger partial charge >= 0.3 is 0 Å². The Kier molecular flexibility index (Phi) is 3.60. The van der Waals surface area contributed by atoms with Crippen LogP contribution in [0.1, 0.15) is 6.42 Å². The highest BCUT2D eigenvalue weighted by atomic mass is 19.1. The number of carbonyl (C=O) groups is 1. The number of methoxy groups -OCH3 is 1. The first-order valence-electron chi connectivity index (χ1n) is 7.71. The normalized spacial score (nSPS) is 19.0. The fourth-order valence-corrected chi connectivity index (χ4v) is 2.70. The van der Waals surface area contributed by atoms with E-state index in [1.54, 1.807) is 12.1 Å². The topological polar surface area (TPSA) is 79.9 Å². The van der Waals surface area contributed by atoms with Gasteiger partial charge in [0.15, 0.2) is 5.65 Å². The summed E-state index contributed by atoms with van der Waals surface area (Å²) in [5, 5.41) is 10.2. The van der Waals surface area contributed by atoms with Crippen molar-refractivity contribution in [3.63, 3.8) is 0 Å². The molecule has 1 aliphatic carbocycles. The maximum atomic E-state index is 13.6. The molecule has 1 amide bonds. The van der Waals surface area contributed by atoms with Crippen molar-refractivity contribution in [2.45, 2.75) is 12.6 Å². The van der Waals surface area contributed by atoms with Crippen LogP contribution in [0.25, 0.3) is 22.3 Å². The number of ether oxygens (including phenoxy) is 1. The van der Waals surface area contributed by atoms with Crippen molar-refractivity contribution in [3.8, 4) is 17.0 Å². The summed E-state index contributed by atoms with van der Waals surface area (Å²) in [6.45, 7) is 0. The number of alkyl halides is 1. The number of aromatic amines is 1. The number of rotatable bonds is 4. The lowest BCUT2D eigenvalue weighted by molar-refractivity contribution is -0.117. The summed E-state index contributed by atoms with van der Waals surface area (Å²) < 4.78 is 31.8. The van der Waals surface area contributed by atoms with Crippen molar-refractivity contribution in [2.24, 2.45) is 5.92 Å². The first kappa shape index (κ1) is 15.5. The number of halogens is 2. The number of amides is 1. The Bertz CT molecular complexity index is 972. The lowest BCUT2D eigenvalue weighted by Gasteiger charge is -2.07. The van der Waals surface area contributed by atoms with E-state index in [1.807, 2.05) is 0 Å². The van der Waals surface area contributed by atoms with E-state index in [4.69, 9.17) is 4.74 Å². The molecule has 6 nitrogen and oxygen atoms in total. The number of H-pyrrole nitrogens is 1. The monoisotopic (exact) mass is 344 g/mol. The van der Waals surface area contributed by atoms with Crippen molar-refractivity contribution in [2.75, 3.05) is 12.4 Å². The van der Waals surface area contributed by atoms with Gasteiger partial charge in [-0.25, -0.2) is 13.8 Å². The van der Waals surface area contributed by atoms with Crippen LogP contribution in [0.4, 0.5) is 14.6 Å². The van der Waals surface area contributed by atoms with Gasteiger partial charge in [-0.3, -0.25) is 9.89 Å². The average molecular weight is 344 g/mol. The van der Waals surface area contributed by atoms with Crippen LogP contribution in [0.15, 0.2) is 30.3 Å². The smallest absolute Gasteiger partial charge is 0.231 e. The minimum absolute atomic E-state index is 0.250. The third-order valence-corrected chi connectivity index (χ3v) is 4.15. The Labute approximate surface area is 141 Å². The maximum Gasteiger partial charge on any atom is 0.231 e. The highest BCUT2D eigenvalue weighted by molar-refractivity contribution is 5.97. The van der Waals surface area contributed by atoms with E-state index in [-0.39, 0.29) is 12.3 Å². The predicted molar refractivity (Wildman–Crippen MR) is 87.5 cm³/mol. The molecule has 2 aromatic heterocycles. The summed E-state index contributed by atoms with van der Waals surface area (Å²) in [7, 11) is 1.50. The van der Waals surface area contributed by atoms with Crippen molar-refractivity contribution >= 4 is 22.8 Å². The highest BCUT2D eigenvalue weighted by Crippen LogP contribution is 2.36. The zero-order valence-corrected chi connectivity index (χ0v) is 13.2. The van der Waals surface area contributed by atoms with Crippen molar-refractivity contribution < 1.29 is 18.3 Å². The highest BCUT2D eigenvalue weighted by Gasteiger charge is 2.43. The van der Waals surface area contributed by atoms with E-state index >= 15 is 0 Å². The summed E-state index contributed by atoms with van der Waals surface area (Å²) in [5.41, 5.74) is 1.43. The molecule has 2 atom stereocenters. The molecule has 0 radical (unpaired) electrons. The van der Waals surface area contributed by atoms with Gasteiger partial charge in [-0.15, -0.1) is 0 Å². The van der Waals surface area contributed by atoms with Crippen LogP contribution in [0.3, 0.4) is 0 Å². The third kappa shape index (κ3) is 2.79. The number of anilines is 1. The van der Waals surface area contributed by atoms with Crippen molar-refractivity contribution in [3.05, 3.63) is 36.1 Å². The largest absolute Gasteiger partial charge is 0.496 e. The minimum Gasteiger partial charge on any atom is -0.496 e. The molecule has 2 heterocycles. The molecule has 1 aromatic carbocycles. The second kappa shape index (κ2) is 5.80. The van der Waals surface area contributed by atoms with E-state index in [0.29, 0.717) is 33.9 Å². The number of fused-ring (bicyclic) bond motifs is 1. The Morgan fingerprint density at radius 1 is 1.36 bits per heavy atom. The molecule has 4 rings (SSSR count). The van der Waals surface area contributed by atoms with E-state index in [0.717, 1.165) is 0 Å². The number of hydrogen-bond donors (Lipinski definition) is 2. The second-order valence-corrected chi connectivity index (χ2v) is 5.86. The number of aromatic nitrogens is 3. The van der Waals surface area contributed by atoms with Crippen LogP contribution < -0.4 is 10.1 Å². The van der Waals surface area contributed by atoms with Crippen LogP contribution >= 0.6 is 0 Å². The Morgan fingerprint density at radius 2 is 2.16 bits per heavy atom. The molecule has 1 aliphatic rings. The average Bonchev–Trinajstić information content (AvgIpc) is 3.19. The molecule has 0 aliphatic heterocycles. The fraction of sp³-hybridized carbons (Fsp3) is 0.235. The minimum atomic E-state index is -1.07. The molecule has 2 unspecified atom stereocenters. The quantitative estimate of drug-likeness (QED) is 0.762. The Balaban J connectivity index is 1.69. The van der Waals surface area contributed by atoms with Gasteiger partial charge in [0.05, 0.1) is 18.7 Å². The number of benzene rings is 1. The van der Waals surface area contributed by atoms with Gasteiger partial charge in [-0.1, -0.05) is 0 Å². The molecule has 1 fully saturated rings. The first-order valence-corrected chi connectivity index (χ1v) is 7.71. The van der Waals surface area contributed by atoms with Crippen LogP contribution in [-0.2, 0) is 4.79 Å². The molecule has 3 aromatic rings. The second-order valence-electron chi connectivity index (χ2n) is 5.86. The molecule has 1 saturated carbocycles. The van der Waals surface area contributed by atoms with Crippen LogP contribution in [0.5, 0.6) is 5.75 Å². The summed E-state index contributed by atoms with van der Waals surface area (Å²) in [4.78, 5) is 16.0. The molecular weight excluding hydrogens is 330 g/mol. The van der Waals surface area contributed by atoms with Gasteiger partial charge in [0.25, 0.3) is 0 Å². The van der Waals surface area contributed by atoms with E-state index in [1.165, 1.54) is 25.3 Å². The van der Waals surface area contributed by atoms with Gasteiger partial charge in [-0.05, 0) is 36.8 Å². The molecule has 128 valence electrons. The maximum absolute atomic E-state index is 13.6. The van der Waals surface area contributed by atoms with Gasteiger partial charge in [0.2, 0.25) is 5.91 Å². The zero-order chi connectivity index (χ0) is 17.6. The number of carbonyl (C=O) groups excluding carboxylic acids is 1. The molecule has 8 heteroatoms. The summed E-state index contributed by atoms with van der Waals surface area (Å²) in [5.74, 6) is -0.598. The molecule has 0 bridgehead atoms. The SMILES string of the molecule is COc1ccc(F)cc1-c1[nH]nc2nc(NC(=O)C3CC3F)ccc12. The molecule has 0 spiro atoms. The van der Waals surface area contributed by atoms with Gasteiger partial charge in [-0.2, -0.15) is 5.10 Å². The van der Waals surface area contributed by atoms with Gasteiger partial charge in [0.1, 0.15) is 23.6 Å². The van der Waals surface area contributed by atoms with Crippen LogP contribution in [-0.4, -0.2) is 34.4 Å². The third-order valence-electron chi connectivity index (χ3n) is 4.15. The van der Waals surface area contributed by atoms with E-state index in [2.05, 4.69) is 20.5 Å². The van der Waals surface area contributed by atoms with E-state index < -0.39 is 17.9 Å². The number of nitrogens with one attached hydrogen (secondary N) is 2. The first-order chi connectivity index (χ1) is 12.1. The van der Waals surface area contributed by atoms with E-state index in [9.17, 15) is 13.6 Å². The number of hydrogen-bond acceptors (Lipinski definition) is 4. The van der Waals surface area contributed by atoms with Crippen LogP contribution in [0.2, 0.25) is 0 Å². The Hall–Kier alpha value is -3.03. The van der Waals surface area contributed by atoms with Crippen LogP contribution in [0, 0.1) is 11.7 Å². The zero-order valence-electron chi connectivity index (χ0n) is 13.2. The fourth-order valence-electron chi connectivity index (χ4n) is 2.70. The van der Waals surface area contributed by atoms with Gasteiger partial charge in [0, 0.05) is 10.9 Å². The lowest BCUT2D eigenvalue weighted by Crippen LogP contribution is -2.15. The standard InChI is InChI=1S/C17H14F2N4O2/c1-25-13-4-2-8(18)6-11(13)15-9-3-5-14(20-16(9)23-22-15)21-17(24)10-7-12(10)19/h2-6,10,12H,7H2,1H3,(H2,20,21,22,23,24). The molecule has 2 N–H and O–H groups in total. The van der Waals surface area contributed by atoms with Crippen molar-refractivity contribution in [1.82, 2.24) is 15.2 Å². The molecule has 0 saturated heterocycles. The number of nitrogens with zero attached hydrogens (tertiary/aromatic N) is 2. The van der Waals surface area contributed by atoms with Gasteiger partial charge < -0.3 is 10.1 Å². The molecule has 25 heavy (non-hydrogen) atoms. The van der Waals surface area contributed by atoms with Crippen molar-refractivity contribution in [1.29, 1.82) is 0 Å². The number of pyridine rings is 1.